The van der Waals surface area contributed by atoms with Crippen LogP contribution >= 0.6 is 0 Å². The summed E-state index contributed by atoms with van der Waals surface area (Å²) in [7, 11) is 0. The number of hydrogen-bond donors (Lipinski definition) is 0. The second kappa shape index (κ2) is 11.8. The van der Waals surface area contributed by atoms with E-state index in [1.54, 1.807) is 0 Å². The second-order valence-corrected chi connectivity index (χ2v) is 6.46. The molecule has 0 bridgehead atoms. The second-order valence-electron chi connectivity index (χ2n) is 6.46. The molecule has 0 amide bonds. The molecule has 0 aromatic carbocycles. The first-order valence-corrected chi connectivity index (χ1v) is 9.10. The van der Waals surface area contributed by atoms with E-state index in [1.807, 2.05) is 6.08 Å². The van der Waals surface area contributed by atoms with Crippen LogP contribution in [0.25, 0.3) is 0 Å². The van der Waals surface area contributed by atoms with Gasteiger partial charge in [0.05, 0.1) is 6.42 Å². The summed E-state index contributed by atoms with van der Waals surface area (Å²) in [5.41, 5.74) is 0. The van der Waals surface area contributed by atoms with Crippen LogP contribution in [0.15, 0.2) is 12.7 Å². The normalized spacial score (nSPS) is 21.5. The Hall–Kier alpha value is -0.790. The Morgan fingerprint density at radius 3 is 2.05 bits per heavy atom. The highest BCUT2D eigenvalue weighted by atomic mass is 16.5. The smallest absolute Gasteiger partial charge is 0.306 e. The molecular formula is C19H34O2. The number of hydrogen-bond acceptors (Lipinski definition) is 2. The first-order valence-electron chi connectivity index (χ1n) is 9.10. The van der Waals surface area contributed by atoms with Gasteiger partial charge in [0.1, 0.15) is 6.10 Å². The molecule has 0 N–H and O–H groups in total. The zero-order valence-corrected chi connectivity index (χ0v) is 13.9. The maximum absolute atomic E-state index is 11.3. The first kappa shape index (κ1) is 18.3. The highest BCUT2D eigenvalue weighted by Gasteiger charge is 2.31. The van der Waals surface area contributed by atoms with E-state index >= 15 is 0 Å². The van der Waals surface area contributed by atoms with E-state index in [1.165, 1.54) is 70.6 Å². The molecule has 2 atom stereocenters. The molecule has 0 aromatic rings. The summed E-state index contributed by atoms with van der Waals surface area (Å²) >= 11 is 0. The van der Waals surface area contributed by atoms with Crippen LogP contribution in [0.3, 0.4) is 0 Å². The van der Waals surface area contributed by atoms with E-state index in [-0.39, 0.29) is 18.0 Å². The summed E-state index contributed by atoms with van der Waals surface area (Å²) in [6.07, 6.45) is 18.5. The standard InChI is InChI=1S/C19H34O2/c1-3-5-6-7-8-9-10-11-12-13-14-15-18-17(4-2)16-19(20)21-18/h4,17-18H,2-3,5-16H2,1H3/t17-,18-/m0/s1. The van der Waals surface area contributed by atoms with Gasteiger partial charge in [0.15, 0.2) is 0 Å². The van der Waals surface area contributed by atoms with Crippen molar-refractivity contribution in [2.24, 2.45) is 5.92 Å². The minimum Gasteiger partial charge on any atom is -0.462 e. The van der Waals surface area contributed by atoms with E-state index in [9.17, 15) is 4.79 Å². The van der Waals surface area contributed by atoms with Gasteiger partial charge in [-0.3, -0.25) is 4.79 Å². The Kier molecular flexibility index (Phi) is 10.3. The van der Waals surface area contributed by atoms with Crippen molar-refractivity contribution in [3.8, 4) is 0 Å². The number of rotatable bonds is 13. The molecule has 1 saturated heterocycles. The van der Waals surface area contributed by atoms with Crippen LogP contribution in [-0.2, 0) is 9.53 Å². The van der Waals surface area contributed by atoms with E-state index in [4.69, 9.17) is 4.74 Å². The lowest BCUT2D eigenvalue weighted by molar-refractivity contribution is -0.141. The van der Waals surface area contributed by atoms with E-state index in [0.717, 1.165) is 6.42 Å². The molecule has 21 heavy (non-hydrogen) atoms. The van der Waals surface area contributed by atoms with Crippen molar-refractivity contribution in [1.82, 2.24) is 0 Å². The number of esters is 1. The van der Waals surface area contributed by atoms with Crippen molar-refractivity contribution >= 4 is 5.97 Å². The SMILES string of the molecule is C=C[C@H]1CC(=O)O[C@H]1CCCCCCCCCCCCC. The lowest BCUT2D eigenvalue weighted by Crippen LogP contribution is -2.13. The number of ether oxygens (including phenoxy) is 1. The van der Waals surface area contributed by atoms with Crippen LogP contribution in [0.1, 0.15) is 90.4 Å². The highest BCUT2D eigenvalue weighted by Crippen LogP contribution is 2.27. The molecule has 2 heteroatoms. The van der Waals surface area contributed by atoms with Gasteiger partial charge < -0.3 is 4.74 Å². The van der Waals surface area contributed by atoms with Crippen molar-refractivity contribution in [1.29, 1.82) is 0 Å². The minimum atomic E-state index is -0.0482. The molecule has 0 aromatic heterocycles. The van der Waals surface area contributed by atoms with Crippen molar-refractivity contribution in [2.45, 2.75) is 96.5 Å². The molecule has 122 valence electrons. The quantitative estimate of drug-likeness (QED) is 0.243. The summed E-state index contributed by atoms with van der Waals surface area (Å²) in [4.78, 5) is 11.3. The Bertz CT molecular complexity index is 285. The average Bonchev–Trinajstić information content (AvgIpc) is 2.85. The predicted molar refractivity (Wildman–Crippen MR) is 89.3 cm³/mol. The zero-order chi connectivity index (χ0) is 15.3. The fourth-order valence-electron chi connectivity index (χ4n) is 3.15. The Labute approximate surface area is 131 Å². The highest BCUT2D eigenvalue weighted by molar-refractivity contribution is 5.72. The van der Waals surface area contributed by atoms with Crippen LogP contribution in [0.5, 0.6) is 0 Å². The molecule has 0 saturated carbocycles. The third-order valence-electron chi connectivity index (χ3n) is 4.56. The topological polar surface area (TPSA) is 26.3 Å². The monoisotopic (exact) mass is 294 g/mol. The molecule has 0 spiro atoms. The Balaban J connectivity index is 1.86. The lowest BCUT2D eigenvalue weighted by Gasteiger charge is -2.13. The molecule has 0 aliphatic carbocycles. The van der Waals surface area contributed by atoms with Gasteiger partial charge in [-0.25, -0.2) is 0 Å². The van der Waals surface area contributed by atoms with Crippen LogP contribution in [0.4, 0.5) is 0 Å². The third-order valence-corrected chi connectivity index (χ3v) is 4.56. The number of carbonyl (C=O) groups is 1. The molecule has 0 unspecified atom stereocenters. The van der Waals surface area contributed by atoms with Gasteiger partial charge in [0.25, 0.3) is 0 Å². The molecule has 1 aliphatic heterocycles. The Morgan fingerprint density at radius 2 is 1.52 bits per heavy atom. The largest absolute Gasteiger partial charge is 0.462 e. The molecule has 1 aliphatic rings. The van der Waals surface area contributed by atoms with Crippen LogP contribution < -0.4 is 0 Å². The van der Waals surface area contributed by atoms with Gasteiger partial charge in [-0.1, -0.05) is 77.2 Å². The fraction of sp³-hybridized carbons (Fsp3) is 0.842. The van der Waals surface area contributed by atoms with Crippen molar-refractivity contribution in [3.63, 3.8) is 0 Å². The van der Waals surface area contributed by atoms with E-state index in [2.05, 4.69) is 13.5 Å². The van der Waals surface area contributed by atoms with Crippen molar-refractivity contribution < 1.29 is 9.53 Å². The number of cyclic esters (lactones) is 1. The van der Waals surface area contributed by atoms with Crippen LogP contribution in [-0.4, -0.2) is 12.1 Å². The number of unbranched alkanes of at least 4 members (excludes halogenated alkanes) is 10. The van der Waals surface area contributed by atoms with E-state index < -0.39 is 0 Å². The van der Waals surface area contributed by atoms with Crippen LogP contribution in [0.2, 0.25) is 0 Å². The summed E-state index contributed by atoms with van der Waals surface area (Å²) < 4.78 is 5.35. The molecule has 1 rings (SSSR count). The van der Waals surface area contributed by atoms with Crippen LogP contribution in [0, 0.1) is 5.92 Å². The third kappa shape index (κ3) is 8.28. The summed E-state index contributed by atoms with van der Waals surface area (Å²) in [6.45, 7) is 6.07. The van der Waals surface area contributed by atoms with Gasteiger partial charge in [-0.05, 0) is 12.8 Å². The molecule has 1 fully saturated rings. The van der Waals surface area contributed by atoms with Crippen molar-refractivity contribution in [3.05, 3.63) is 12.7 Å². The number of carbonyl (C=O) groups excluding carboxylic acids is 1. The van der Waals surface area contributed by atoms with Crippen molar-refractivity contribution in [2.75, 3.05) is 0 Å². The molecular weight excluding hydrogens is 260 g/mol. The average molecular weight is 294 g/mol. The summed E-state index contributed by atoms with van der Waals surface area (Å²) in [5.74, 6) is 0.202. The first-order chi connectivity index (χ1) is 10.3. The maximum atomic E-state index is 11.3. The summed E-state index contributed by atoms with van der Waals surface area (Å²) in [6, 6.07) is 0. The van der Waals surface area contributed by atoms with Gasteiger partial charge in [-0.2, -0.15) is 0 Å². The van der Waals surface area contributed by atoms with Gasteiger partial charge in [-0.15, -0.1) is 6.58 Å². The minimum absolute atomic E-state index is 0.0482. The van der Waals surface area contributed by atoms with Gasteiger partial charge in [0, 0.05) is 5.92 Å². The van der Waals surface area contributed by atoms with Gasteiger partial charge >= 0.3 is 5.97 Å². The maximum Gasteiger partial charge on any atom is 0.306 e. The van der Waals surface area contributed by atoms with Gasteiger partial charge in [0.2, 0.25) is 0 Å². The lowest BCUT2D eigenvalue weighted by atomic mass is 9.96. The van der Waals surface area contributed by atoms with E-state index in [0.29, 0.717) is 6.42 Å². The predicted octanol–water partition coefficient (Wildman–Crippen LogP) is 5.81. The zero-order valence-electron chi connectivity index (χ0n) is 13.9. The molecule has 1 heterocycles. The summed E-state index contributed by atoms with van der Waals surface area (Å²) in [5, 5.41) is 0. The fourth-order valence-corrected chi connectivity index (χ4v) is 3.15. The molecule has 2 nitrogen and oxygen atoms in total. The Morgan fingerprint density at radius 1 is 1.00 bits per heavy atom. The molecule has 0 radical (unpaired) electrons.